The Labute approximate surface area is 115 Å². The van der Waals surface area contributed by atoms with Gasteiger partial charge in [-0.15, -0.1) is 0 Å². The van der Waals surface area contributed by atoms with E-state index in [0.29, 0.717) is 17.4 Å². The summed E-state index contributed by atoms with van der Waals surface area (Å²) in [7, 11) is 1.80. The second-order valence-electron chi connectivity index (χ2n) is 4.87. The Hall–Kier alpha value is -0.830. The average Bonchev–Trinajstić information content (AvgIpc) is 2.57. The zero-order chi connectivity index (χ0) is 13.7. The van der Waals surface area contributed by atoms with Gasteiger partial charge in [-0.1, -0.05) is 38.3 Å². The molecule has 1 aromatic rings. The van der Waals surface area contributed by atoms with Gasteiger partial charge >= 0.3 is 0 Å². The summed E-state index contributed by atoms with van der Waals surface area (Å²) in [5, 5.41) is 4.83. The number of hydrogen-bond acceptors (Lipinski definition) is 2. The number of carbonyl (C=O) groups excluding carboxylic acids is 1. The third-order valence-corrected chi connectivity index (χ3v) is 3.95. The van der Waals surface area contributed by atoms with Crippen LogP contribution < -0.4 is 0 Å². The molecular weight excluding hydrogens is 248 g/mol. The first kappa shape index (κ1) is 15.2. The maximum Gasteiger partial charge on any atom is 0.140 e. The second-order valence-corrected chi connectivity index (χ2v) is 5.23. The van der Waals surface area contributed by atoms with E-state index in [1.165, 1.54) is 0 Å². The van der Waals surface area contributed by atoms with E-state index in [-0.39, 0.29) is 5.92 Å². The van der Waals surface area contributed by atoms with Gasteiger partial charge in [-0.05, 0) is 19.8 Å². The highest BCUT2D eigenvalue weighted by Crippen LogP contribution is 2.23. The summed E-state index contributed by atoms with van der Waals surface area (Å²) in [6.45, 7) is 6.14. The van der Waals surface area contributed by atoms with Crippen molar-refractivity contribution in [3.05, 3.63) is 16.4 Å². The molecule has 0 amide bonds. The summed E-state index contributed by atoms with van der Waals surface area (Å²) in [6, 6.07) is 0. The van der Waals surface area contributed by atoms with Gasteiger partial charge < -0.3 is 0 Å². The number of nitrogens with zero attached hydrogens (tertiary/aromatic N) is 2. The highest BCUT2D eigenvalue weighted by molar-refractivity contribution is 6.30. The van der Waals surface area contributed by atoms with Crippen LogP contribution >= 0.6 is 11.6 Å². The Morgan fingerprint density at radius 1 is 1.44 bits per heavy atom. The van der Waals surface area contributed by atoms with Crippen LogP contribution in [0.5, 0.6) is 0 Å². The number of aromatic nitrogens is 2. The Morgan fingerprint density at radius 2 is 2.11 bits per heavy atom. The first-order valence-corrected chi connectivity index (χ1v) is 7.09. The minimum Gasteiger partial charge on any atom is -0.299 e. The second kappa shape index (κ2) is 6.93. The molecule has 0 saturated heterocycles. The number of hydrogen-bond donors (Lipinski definition) is 0. The molecule has 4 heteroatoms. The number of rotatable bonds is 7. The van der Waals surface area contributed by atoms with Crippen LogP contribution in [-0.2, 0) is 18.3 Å². The molecule has 1 rings (SSSR count). The molecule has 0 aliphatic rings. The molecule has 0 aliphatic heterocycles. The highest BCUT2D eigenvalue weighted by Gasteiger charge is 2.20. The molecule has 0 saturated carbocycles. The fourth-order valence-electron chi connectivity index (χ4n) is 2.24. The number of aryl methyl sites for hydroxylation is 2. The number of Topliss-reactive ketones (excluding diaryl/α,β-unsaturated/α-hetero) is 1. The van der Waals surface area contributed by atoms with Crippen molar-refractivity contribution < 1.29 is 4.79 Å². The first-order chi connectivity index (χ1) is 8.51. The van der Waals surface area contributed by atoms with Gasteiger partial charge in [0.2, 0.25) is 0 Å². The van der Waals surface area contributed by atoms with E-state index in [9.17, 15) is 4.79 Å². The zero-order valence-electron chi connectivity index (χ0n) is 11.8. The summed E-state index contributed by atoms with van der Waals surface area (Å²) >= 11 is 6.16. The Morgan fingerprint density at radius 3 is 2.56 bits per heavy atom. The van der Waals surface area contributed by atoms with E-state index >= 15 is 0 Å². The standard InChI is InChI=1S/C14H23ClN2O/c1-5-7-8-11(6-2)13(18)9-12-10(3)16-17(4)14(12)15/h11H,5-9H2,1-4H3. The molecule has 1 unspecified atom stereocenters. The molecule has 0 aliphatic carbocycles. The molecule has 0 aromatic carbocycles. The van der Waals surface area contributed by atoms with E-state index in [4.69, 9.17) is 11.6 Å². The van der Waals surface area contributed by atoms with Crippen LogP contribution in [0.25, 0.3) is 0 Å². The molecule has 102 valence electrons. The number of carbonyl (C=O) groups is 1. The van der Waals surface area contributed by atoms with Crippen molar-refractivity contribution in [1.29, 1.82) is 0 Å². The third-order valence-electron chi connectivity index (χ3n) is 3.48. The van der Waals surface area contributed by atoms with Gasteiger partial charge in [-0.2, -0.15) is 5.10 Å². The van der Waals surface area contributed by atoms with Gasteiger partial charge in [0.05, 0.1) is 5.69 Å². The molecule has 0 fully saturated rings. The van der Waals surface area contributed by atoms with Gasteiger partial charge in [0.1, 0.15) is 10.9 Å². The molecular formula is C14H23ClN2O. The molecule has 18 heavy (non-hydrogen) atoms. The van der Waals surface area contributed by atoms with Crippen LogP contribution in [0.1, 0.15) is 50.8 Å². The summed E-state index contributed by atoms with van der Waals surface area (Å²) in [4.78, 5) is 12.3. The van der Waals surface area contributed by atoms with Gasteiger partial charge in [0.25, 0.3) is 0 Å². The van der Waals surface area contributed by atoms with Crippen LogP contribution in [0.3, 0.4) is 0 Å². The summed E-state index contributed by atoms with van der Waals surface area (Å²) < 4.78 is 1.63. The molecule has 0 bridgehead atoms. The molecule has 0 N–H and O–H groups in total. The molecule has 1 heterocycles. The molecule has 0 spiro atoms. The fourth-order valence-corrected chi connectivity index (χ4v) is 2.48. The molecule has 0 radical (unpaired) electrons. The predicted molar refractivity (Wildman–Crippen MR) is 75.0 cm³/mol. The van der Waals surface area contributed by atoms with Gasteiger partial charge in [-0.3, -0.25) is 9.48 Å². The number of halogens is 1. The minimum absolute atomic E-state index is 0.167. The van der Waals surface area contributed by atoms with E-state index in [1.807, 2.05) is 6.92 Å². The predicted octanol–water partition coefficient (Wildman–Crippen LogP) is 3.71. The average molecular weight is 271 g/mol. The number of ketones is 1. The largest absolute Gasteiger partial charge is 0.299 e. The monoisotopic (exact) mass is 270 g/mol. The van der Waals surface area contributed by atoms with Crippen molar-refractivity contribution in [2.75, 3.05) is 0 Å². The van der Waals surface area contributed by atoms with Crippen molar-refractivity contribution in [3.8, 4) is 0 Å². The van der Waals surface area contributed by atoms with Crippen LogP contribution in [0.15, 0.2) is 0 Å². The lowest BCUT2D eigenvalue weighted by molar-refractivity contribution is -0.122. The Bertz CT molecular complexity index is 412. The molecule has 3 nitrogen and oxygen atoms in total. The smallest absolute Gasteiger partial charge is 0.140 e. The van der Waals surface area contributed by atoms with Gasteiger partial charge in [-0.25, -0.2) is 0 Å². The van der Waals surface area contributed by atoms with Crippen molar-refractivity contribution in [2.45, 2.75) is 52.9 Å². The van der Waals surface area contributed by atoms with Crippen LogP contribution in [0.4, 0.5) is 0 Å². The lowest BCUT2D eigenvalue weighted by atomic mass is 9.91. The van der Waals surface area contributed by atoms with E-state index in [2.05, 4.69) is 18.9 Å². The van der Waals surface area contributed by atoms with Crippen LogP contribution in [0, 0.1) is 12.8 Å². The lowest BCUT2D eigenvalue weighted by Crippen LogP contribution is -2.16. The Kier molecular flexibility index (Phi) is 5.86. The lowest BCUT2D eigenvalue weighted by Gasteiger charge is -2.13. The first-order valence-electron chi connectivity index (χ1n) is 6.71. The third kappa shape index (κ3) is 3.58. The fraction of sp³-hybridized carbons (Fsp3) is 0.714. The highest BCUT2D eigenvalue weighted by atomic mass is 35.5. The summed E-state index contributed by atoms with van der Waals surface area (Å²) in [6.07, 6.45) is 4.57. The maximum absolute atomic E-state index is 12.3. The number of unbranched alkanes of at least 4 members (excludes halogenated alkanes) is 1. The molecule has 1 atom stereocenters. The van der Waals surface area contributed by atoms with Crippen molar-refractivity contribution in [1.82, 2.24) is 9.78 Å². The topological polar surface area (TPSA) is 34.9 Å². The van der Waals surface area contributed by atoms with E-state index < -0.39 is 0 Å². The van der Waals surface area contributed by atoms with Crippen molar-refractivity contribution in [3.63, 3.8) is 0 Å². The van der Waals surface area contributed by atoms with Gasteiger partial charge in [0, 0.05) is 24.9 Å². The van der Waals surface area contributed by atoms with Crippen molar-refractivity contribution >= 4 is 17.4 Å². The van der Waals surface area contributed by atoms with E-state index in [0.717, 1.165) is 36.9 Å². The normalized spacial score (nSPS) is 12.7. The van der Waals surface area contributed by atoms with Gasteiger partial charge in [0.15, 0.2) is 0 Å². The minimum atomic E-state index is 0.167. The van der Waals surface area contributed by atoms with Crippen molar-refractivity contribution in [2.24, 2.45) is 13.0 Å². The summed E-state index contributed by atoms with van der Waals surface area (Å²) in [5.41, 5.74) is 1.75. The molecule has 1 aromatic heterocycles. The summed E-state index contributed by atoms with van der Waals surface area (Å²) in [5.74, 6) is 0.463. The SMILES string of the molecule is CCCCC(CC)C(=O)Cc1c(C)nn(C)c1Cl. The Balaban J connectivity index is 2.73. The van der Waals surface area contributed by atoms with E-state index in [1.54, 1.807) is 11.7 Å². The van der Waals surface area contributed by atoms with Crippen LogP contribution in [0.2, 0.25) is 5.15 Å². The maximum atomic E-state index is 12.3. The zero-order valence-corrected chi connectivity index (χ0v) is 12.5. The van der Waals surface area contributed by atoms with Crippen LogP contribution in [-0.4, -0.2) is 15.6 Å². The quantitative estimate of drug-likeness (QED) is 0.757.